The summed E-state index contributed by atoms with van der Waals surface area (Å²) in [5, 5.41) is 0. The normalized spacial score (nSPS) is 20.5. The minimum Gasteiger partial charge on any atom is -0.444 e. The van der Waals surface area contributed by atoms with Gasteiger partial charge in [0.1, 0.15) is 5.60 Å². The lowest BCUT2D eigenvalue weighted by molar-refractivity contribution is -0.0378. The molecule has 0 bridgehead atoms. The second-order valence-corrected chi connectivity index (χ2v) is 6.67. The standard InChI is InChI=1S/C17H26N2O3/c1-17(2,3)22-16(20)19-9-10-21-12-15(19)14(18)11-13-7-5-4-6-8-13/h4-8,14-15H,9-12,18H2,1-3H3. The first-order valence-corrected chi connectivity index (χ1v) is 7.74. The zero-order valence-corrected chi connectivity index (χ0v) is 13.6. The molecule has 1 heterocycles. The molecule has 0 aliphatic carbocycles. The highest BCUT2D eigenvalue weighted by Gasteiger charge is 2.34. The van der Waals surface area contributed by atoms with E-state index >= 15 is 0 Å². The van der Waals surface area contributed by atoms with Crippen molar-refractivity contribution in [3.63, 3.8) is 0 Å². The van der Waals surface area contributed by atoms with E-state index in [1.807, 2.05) is 51.1 Å². The Kier molecular flexibility index (Phi) is 5.42. The van der Waals surface area contributed by atoms with Crippen LogP contribution in [0.1, 0.15) is 26.3 Å². The van der Waals surface area contributed by atoms with Gasteiger partial charge >= 0.3 is 6.09 Å². The number of benzene rings is 1. The summed E-state index contributed by atoms with van der Waals surface area (Å²) in [6, 6.07) is 9.70. The van der Waals surface area contributed by atoms with Crippen molar-refractivity contribution in [2.75, 3.05) is 19.8 Å². The molecule has 2 atom stereocenters. The first kappa shape index (κ1) is 16.8. The minimum atomic E-state index is -0.510. The molecule has 0 saturated carbocycles. The summed E-state index contributed by atoms with van der Waals surface area (Å²) in [5.41, 5.74) is 6.99. The number of ether oxygens (including phenoxy) is 2. The van der Waals surface area contributed by atoms with E-state index in [-0.39, 0.29) is 18.2 Å². The molecule has 2 unspecified atom stereocenters. The molecule has 1 fully saturated rings. The summed E-state index contributed by atoms with van der Waals surface area (Å²) < 4.78 is 11.0. The molecule has 1 saturated heterocycles. The Morgan fingerprint density at radius 2 is 2.09 bits per heavy atom. The van der Waals surface area contributed by atoms with Crippen LogP contribution in [0, 0.1) is 0 Å². The monoisotopic (exact) mass is 306 g/mol. The van der Waals surface area contributed by atoms with E-state index < -0.39 is 5.60 Å². The van der Waals surface area contributed by atoms with Crippen LogP contribution in [0.15, 0.2) is 30.3 Å². The van der Waals surface area contributed by atoms with Crippen LogP contribution in [0.3, 0.4) is 0 Å². The van der Waals surface area contributed by atoms with E-state index in [4.69, 9.17) is 15.2 Å². The smallest absolute Gasteiger partial charge is 0.410 e. The first-order valence-electron chi connectivity index (χ1n) is 7.74. The third-order valence-corrected chi connectivity index (χ3v) is 3.60. The highest BCUT2D eigenvalue weighted by Crippen LogP contribution is 2.17. The quantitative estimate of drug-likeness (QED) is 0.929. The van der Waals surface area contributed by atoms with Crippen molar-refractivity contribution < 1.29 is 14.3 Å². The maximum Gasteiger partial charge on any atom is 0.410 e. The Morgan fingerprint density at radius 3 is 2.73 bits per heavy atom. The third-order valence-electron chi connectivity index (χ3n) is 3.60. The van der Waals surface area contributed by atoms with Gasteiger partial charge in [0, 0.05) is 12.6 Å². The van der Waals surface area contributed by atoms with Gasteiger partial charge in [0.25, 0.3) is 0 Å². The van der Waals surface area contributed by atoms with Crippen LogP contribution in [0.5, 0.6) is 0 Å². The fraction of sp³-hybridized carbons (Fsp3) is 0.588. The molecular formula is C17H26N2O3. The van der Waals surface area contributed by atoms with E-state index in [1.54, 1.807) is 4.90 Å². The minimum absolute atomic E-state index is 0.163. The number of hydrogen-bond acceptors (Lipinski definition) is 4. The van der Waals surface area contributed by atoms with Gasteiger partial charge in [0.05, 0.1) is 19.3 Å². The van der Waals surface area contributed by atoms with Gasteiger partial charge in [-0.25, -0.2) is 4.79 Å². The lowest BCUT2D eigenvalue weighted by Gasteiger charge is -2.39. The molecule has 1 aromatic rings. The fourth-order valence-corrected chi connectivity index (χ4v) is 2.55. The summed E-state index contributed by atoms with van der Waals surface area (Å²) in [7, 11) is 0. The van der Waals surface area contributed by atoms with Crippen LogP contribution in [0.25, 0.3) is 0 Å². The molecule has 0 spiro atoms. The van der Waals surface area contributed by atoms with Crippen molar-refractivity contribution in [2.45, 2.75) is 44.9 Å². The molecule has 5 heteroatoms. The van der Waals surface area contributed by atoms with Gasteiger partial charge in [0.15, 0.2) is 0 Å². The maximum absolute atomic E-state index is 12.4. The largest absolute Gasteiger partial charge is 0.444 e. The van der Waals surface area contributed by atoms with E-state index in [0.717, 1.165) is 5.56 Å². The molecule has 1 aromatic carbocycles. The van der Waals surface area contributed by atoms with Gasteiger partial charge in [0.2, 0.25) is 0 Å². The zero-order chi connectivity index (χ0) is 16.2. The molecule has 1 aliphatic heterocycles. The van der Waals surface area contributed by atoms with Crippen LogP contribution in [0.4, 0.5) is 4.79 Å². The Labute approximate surface area is 132 Å². The fourth-order valence-electron chi connectivity index (χ4n) is 2.55. The van der Waals surface area contributed by atoms with Gasteiger partial charge in [-0.05, 0) is 32.8 Å². The van der Waals surface area contributed by atoms with Crippen LogP contribution < -0.4 is 5.73 Å². The summed E-state index contributed by atoms with van der Waals surface area (Å²) in [6.07, 6.45) is 0.387. The second-order valence-electron chi connectivity index (χ2n) is 6.67. The van der Waals surface area contributed by atoms with Crippen molar-refractivity contribution >= 4 is 6.09 Å². The van der Waals surface area contributed by atoms with Crippen molar-refractivity contribution in [2.24, 2.45) is 5.73 Å². The van der Waals surface area contributed by atoms with E-state index in [1.165, 1.54) is 0 Å². The van der Waals surface area contributed by atoms with Crippen LogP contribution in [0.2, 0.25) is 0 Å². The SMILES string of the molecule is CC(C)(C)OC(=O)N1CCOCC1C(N)Cc1ccccc1. The second kappa shape index (κ2) is 7.11. The third kappa shape index (κ3) is 4.71. The number of amides is 1. The van der Waals surface area contributed by atoms with Crippen molar-refractivity contribution in [3.05, 3.63) is 35.9 Å². The number of nitrogens with zero attached hydrogens (tertiary/aromatic N) is 1. The number of rotatable bonds is 3. The van der Waals surface area contributed by atoms with Gasteiger partial charge in [-0.2, -0.15) is 0 Å². The number of morpholine rings is 1. The highest BCUT2D eigenvalue weighted by molar-refractivity contribution is 5.68. The average Bonchev–Trinajstić information content (AvgIpc) is 2.46. The molecule has 0 radical (unpaired) electrons. The molecule has 1 amide bonds. The van der Waals surface area contributed by atoms with Crippen LogP contribution in [-0.4, -0.2) is 48.4 Å². The molecule has 0 aromatic heterocycles. The van der Waals surface area contributed by atoms with Crippen molar-refractivity contribution in [1.82, 2.24) is 4.90 Å². The summed E-state index contributed by atoms with van der Waals surface area (Å²) >= 11 is 0. The van der Waals surface area contributed by atoms with Gasteiger partial charge in [-0.1, -0.05) is 30.3 Å². The van der Waals surface area contributed by atoms with Crippen molar-refractivity contribution in [3.8, 4) is 0 Å². The Morgan fingerprint density at radius 1 is 1.41 bits per heavy atom. The number of carbonyl (C=O) groups is 1. The Hall–Kier alpha value is -1.59. The van der Waals surface area contributed by atoms with E-state index in [2.05, 4.69) is 0 Å². The molecule has 2 N–H and O–H groups in total. The molecule has 22 heavy (non-hydrogen) atoms. The van der Waals surface area contributed by atoms with Crippen LogP contribution >= 0.6 is 0 Å². The zero-order valence-electron chi connectivity index (χ0n) is 13.6. The van der Waals surface area contributed by atoms with Gasteiger partial charge in [-0.15, -0.1) is 0 Å². The Bertz CT molecular complexity index is 484. The molecular weight excluding hydrogens is 280 g/mol. The topological polar surface area (TPSA) is 64.8 Å². The predicted octanol–water partition coefficient (Wildman–Crippen LogP) is 2.19. The lowest BCUT2D eigenvalue weighted by Crippen LogP contribution is -2.58. The van der Waals surface area contributed by atoms with Crippen LogP contribution in [-0.2, 0) is 15.9 Å². The van der Waals surface area contributed by atoms with Gasteiger partial charge < -0.3 is 15.2 Å². The number of nitrogens with two attached hydrogens (primary N) is 1. The molecule has 122 valence electrons. The lowest BCUT2D eigenvalue weighted by atomic mass is 9.99. The predicted molar refractivity (Wildman–Crippen MR) is 85.7 cm³/mol. The van der Waals surface area contributed by atoms with Crippen molar-refractivity contribution in [1.29, 1.82) is 0 Å². The van der Waals surface area contributed by atoms with E-state index in [0.29, 0.717) is 26.2 Å². The van der Waals surface area contributed by atoms with Gasteiger partial charge in [-0.3, -0.25) is 4.90 Å². The summed E-state index contributed by atoms with van der Waals surface area (Å²) in [5.74, 6) is 0. The molecule has 2 rings (SSSR count). The Balaban J connectivity index is 2.04. The van der Waals surface area contributed by atoms with E-state index in [9.17, 15) is 4.79 Å². The highest BCUT2D eigenvalue weighted by atomic mass is 16.6. The number of carbonyl (C=O) groups excluding carboxylic acids is 1. The maximum atomic E-state index is 12.4. The molecule has 5 nitrogen and oxygen atoms in total. The molecule has 1 aliphatic rings. The number of hydrogen-bond donors (Lipinski definition) is 1. The summed E-state index contributed by atoms with van der Waals surface area (Å²) in [6.45, 7) is 7.09. The summed E-state index contributed by atoms with van der Waals surface area (Å²) in [4.78, 5) is 14.1. The average molecular weight is 306 g/mol. The first-order chi connectivity index (χ1) is 10.4.